The molecule has 270 valence electrons. The number of rotatable bonds is 24. The van der Waals surface area contributed by atoms with E-state index in [4.69, 9.17) is 45.0 Å². The lowest BCUT2D eigenvalue weighted by Crippen LogP contribution is -2.29. The van der Waals surface area contributed by atoms with Gasteiger partial charge in [-0.1, -0.05) is 23.7 Å². The number of thiophene rings is 1. The number of likely N-dealkylation sites (N-methyl/N-ethyl adjacent to an activating group) is 1. The highest BCUT2D eigenvalue weighted by atomic mass is 35.5. The van der Waals surface area contributed by atoms with Gasteiger partial charge in [0.1, 0.15) is 16.9 Å². The minimum atomic E-state index is -0.521. The van der Waals surface area contributed by atoms with Gasteiger partial charge in [-0.25, -0.2) is 0 Å². The van der Waals surface area contributed by atoms with Gasteiger partial charge in [-0.2, -0.15) is 0 Å². The Morgan fingerprint density at radius 1 is 0.796 bits per heavy atom. The molecule has 0 saturated carbocycles. The number of aryl methyl sites for hydroxylation is 2. The molecule has 49 heavy (non-hydrogen) atoms. The standard InChI is InChI=1S/C34H49ClN6O7S/c1-24-25(2)49-34-31(24)32(27-5-7-28(35)8-6-27)38-29(33-40-39-26(3)41(33)34)23-30(42)37-10-12-44-14-16-46-18-20-48-22-21-47-19-17-45-15-13-43-11-9-36-4/h5-8,29,36H,9-23H2,1-4H3,(H,37,42)/t29-/m0/s1. The normalized spacial score (nSPS) is 14.0. The molecule has 1 aliphatic rings. The van der Waals surface area contributed by atoms with Gasteiger partial charge in [-0.3, -0.25) is 14.4 Å². The Hall–Kier alpha value is -2.79. The molecule has 0 aliphatic carbocycles. The molecule has 13 nitrogen and oxygen atoms in total. The number of fused-ring (bicyclic) bond motifs is 3. The third kappa shape index (κ3) is 12.2. The van der Waals surface area contributed by atoms with Gasteiger partial charge >= 0.3 is 0 Å². The summed E-state index contributed by atoms with van der Waals surface area (Å²) < 4.78 is 35.0. The highest BCUT2D eigenvalue weighted by molar-refractivity contribution is 7.15. The number of ether oxygens (including phenoxy) is 6. The summed E-state index contributed by atoms with van der Waals surface area (Å²) >= 11 is 7.88. The number of carbonyl (C=O) groups excluding carboxylic acids is 1. The lowest BCUT2D eigenvalue weighted by atomic mass is 9.99. The van der Waals surface area contributed by atoms with Crippen LogP contribution in [0.3, 0.4) is 0 Å². The highest BCUT2D eigenvalue weighted by Crippen LogP contribution is 2.39. The Morgan fingerprint density at radius 2 is 1.33 bits per heavy atom. The van der Waals surface area contributed by atoms with Gasteiger partial charge in [0, 0.05) is 34.1 Å². The molecule has 1 amide bonds. The molecule has 2 N–H and O–H groups in total. The van der Waals surface area contributed by atoms with Crippen LogP contribution in [0.15, 0.2) is 29.3 Å². The second-order valence-electron chi connectivity index (χ2n) is 11.2. The maximum absolute atomic E-state index is 13.1. The molecule has 1 aromatic carbocycles. The van der Waals surface area contributed by atoms with Crippen LogP contribution in [-0.4, -0.2) is 126 Å². The van der Waals surface area contributed by atoms with Gasteiger partial charge in [0.25, 0.3) is 0 Å². The molecule has 4 rings (SSSR count). The van der Waals surface area contributed by atoms with Crippen molar-refractivity contribution in [1.82, 2.24) is 25.4 Å². The number of carbonyl (C=O) groups is 1. The zero-order chi connectivity index (χ0) is 34.8. The minimum Gasteiger partial charge on any atom is -0.378 e. The predicted molar refractivity (Wildman–Crippen MR) is 190 cm³/mol. The van der Waals surface area contributed by atoms with E-state index in [0.29, 0.717) is 96.7 Å². The maximum atomic E-state index is 13.1. The molecule has 0 bridgehead atoms. The van der Waals surface area contributed by atoms with E-state index in [1.807, 2.05) is 42.8 Å². The van der Waals surface area contributed by atoms with Gasteiger partial charge < -0.3 is 39.1 Å². The van der Waals surface area contributed by atoms with Crippen molar-refractivity contribution in [3.63, 3.8) is 0 Å². The van der Waals surface area contributed by atoms with E-state index in [9.17, 15) is 4.79 Å². The van der Waals surface area contributed by atoms with Crippen molar-refractivity contribution in [3.05, 3.63) is 62.5 Å². The number of benzene rings is 1. The molecule has 3 aromatic rings. The summed E-state index contributed by atoms with van der Waals surface area (Å²) in [6, 6.07) is 7.11. The summed E-state index contributed by atoms with van der Waals surface area (Å²) in [6.45, 7) is 13.4. The summed E-state index contributed by atoms with van der Waals surface area (Å²) in [5, 5.41) is 16.5. The zero-order valence-corrected chi connectivity index (χ0v) is 30.5. The average molecular weight is 721 g/mol. The maximum Gasteiger partial charge on any atom is 0.222 e. The van der Waals surface area contributed by atoms with Crippen LogP contribution >= 0.6 is 22.9 Å². The fraction of sp³-hybridized carbons (Fsp3) is 0.588. The molecule has 0 saturated heterocycles. The monoisotopic (exact) mass is 720 g/mol. The van der Waals surface area contributed by atoms with Crippen LogP contribution in [0, 0.1) is 20.8 Å². The van der Waals surface area contributed by atoms with E-state index in [1.54, 1.807) is 11.3 Å². The van der Waals surface area contributed by atoms with Crippen LogP contribution in [0.1, 0.15) is 45.7 Å². The topological polar surface area (TPSA) is 140 Å². The first-order valence-corrected chi connectivity index (χ1v) is 17.8. The Kier molecular flexibility index (Phi) is 17.1. The second-order valence-corrected chi connectivity index (χ2v) is 12.9. The van der Waals surface area contributed by atoms with E-state index in [1.165, 1.54) is 4.88 Å². The summed E-state index contributed by atoms with van der Waals surface area (Å²) in [4.78, 5) is 19.4. The smallest absolute Gasteiger partial charge is 0.222 e. The third-order valence-corrected chi connectivity index (χ3v) is 9.11. The first-order chi connectivity index (χ1) is 23.9. The van der Waals surface area contributed by atoms with Crippen LogP contribution in [0.4, 0.5) is 0 Å². The molecule has 1 aliphatic heterocycles. The van der Waals surface area contributed by atoms with Crippen molar-refractivity contribution >= 4 is 34.6 Å². The Labute approximate surface area is 297 Å². The van der Waals surface area contributed by atoms with Crippen molar-refractivity contribution in [2.45, 2.75) is 33.2 Å². The van der Waals surface area contributed by atoms with Crippen LogP contribution < -0.4 is 10.6 Å². The second kappa shape index (κ2) is 21.4. The van der Waals surface area contributed by atoms with Crippen molar-refractivity contribution in [2.24, 2.45) is 4.99 Å². The number of nitrogens with one attached hydrogen (secondary N) is 2. The van der Waals surface area contributed by atoms with Crippen molar-refractivity contribution in [3.8, 4) is 5.00 Å². The first kappa shape index (κ1) is 39.0. The van der Waals surface area contributed by atoms with Gasteiger partial charge in [-0.15, -0.1) is 21.5 Å². The van der Waals surface area contributed by atoms with Gasteiger partial charge in [0.05, 0.1) is 91.4 Å². The molecule has 2 aromatic heterocycles. The fourth-order valence-corrected chi connectivity index (χ4v) is 6.36. The van der Waals surface area contributed by atoms with Gasteiger partial charge in [0.2, 0.25) is 5.91 Å². The molecule has 15 heteroatoms. The quantitative estimate of drug-likeness (QED) is 0.132. The van der Waals surface area contributed by atoms with E-state index in [2.05, 4.69) is 34.7 Å². The van der Waals surface area contributed by atoms with E-state index in [0.717, 1.165) is 39.8 Å². The lowest BCUT2D eigenvalue weighted by Gasteiger charge is -2.13. The number of nitrogens with zero attached hydrogens (tertiary/aromatic N) is 4. The number of hydrogen-bond acceptors (Lipinski definition) is 12. The molecule has 0 fully saturated rings. The Bertz CT molecular complexity index is 1470. The summed E-state index contributed by atoms with van der Waals surface area (Å²) in [6.07, 6.45) is 0.122. The van der Waals surface area contributed by atoms with Crippen LogP contribution in [0.25, 0.3) is 5.00 Å². The van der Waals surface area contributed by atoms with E-state index >= 15 is 0 Å². The lowest BCUT2D eigenvalue weighted by molar-refractivity contribution is -0.121. The molecule has 0 spiro atoms. The fourth-order valence-electron chi connectivity index (χ4n) is 5.02. The van der Waals surface area contributed by atoms with Crippen molar-refractivity contribution in [2.75, 3.05) is 99.4 Å². The predicted octanol–water partition coefficient (Wildman–Crippen LogP) is 3.62. The highest BCUT2D eigenvalue weighted by Gasteiger charge is 2.32. The number of amides is 1. The van der Waals surface area contributed by atoms with E-state index in [-0.39, 0.29) is 12.3 Å². The zero-order valence-electron chi connectivity index (χ0n) is 28.9. The van der Waals surface area contributed by atoms with Crippen LogP contribution in [-0.2, 0) is 33.2 Å². The van der Waals surface area contributed by atoms with E-state index < -0.39 is 6.04 Å². The summed E-state index contributed by atoms with van der Waals surface area (Å²) in [7, 11) is 1.89. The Balaban J connectivity index is 1.10. The molecule has 3 heterocycles. The molecule has 0 unspecified atom stereocenters. The SMILES string of the molecule is CNCCOCCOCCOCCOCCOCCOCCNC(=O)C[C@@H]1N=C(c2ccc(Cl)cc2)c2c(sc(C)c2C)-n2c(C)nnc21. The Morgan fingerprint density at radius 3 is 1.88 bits per heavy atom. The molecule has 0 radical (unpaired) electrons. The number of halogens is 1. The number of aliphatic imine (C=N–C) groups is 1. The average Bonchev–Trinajstić information content (AvgIpc) is 3.57. The van der Waals surface area contributed by atoms with Crippen LogP contribution in [0.5, 0.6) is 0 Å². The largest absolute Gasteiger partial charge is 0.378 e. The molecular formula is C34H49ClN6O7S. The third-order valence-electron chi connectivity index (χ3n) is 7.66. The molecule has 1 atom stereocenters. The summed E-state index contributed by atoms with van der Waals surface area (Å²) in [5.41, 5.74) is 3.92. The van der Waals surface area contributed by atoms with Crippen molar-refractivity contribution < 1.29 is 33.2 Å². The van der Waals surface area contributed by atoms with Gasteiger partial charge in [0.15, 0.2) is 5.82 Å². The first-order valence-electron chi connectivity index (χ1n) is 16.6. The van der Waals surface area contributed by atoms with Crippen LogP contribution in [0.2, 0.25) is 5.02 Å². The summed E-state index contributed by atoms with van der Waals surface area (Å²) in [5.74, 6) is 1.25. The minimum absolute atomic E-state index is 0.122. The molecular weight excluding hydrogens is 672 g/mol. The van der Waals surface area contributed by atoms with Crippen molar-refractivity contribution in [1.29, 1.82) is 0 Å². The van der Waals surface area contributed by atoms with Gasteiger partial charge in [-0.05, 0) is 45.5 Å². The number of hydrogen-bond donors (Lipinski definition) is 2. The number of aromatic nitrogens is 3.